The van der Waals surface area contributed by atoms with Crippen LogP contribution in [0, 0.1) is 5.92 Å². The minimum atomic E-state index is -0.702. The maximum absolute atomic E-state index is 13.7. The summed E-state index contributed by atoms with van der Waals surface area (Å²) in [6.45, 7) is 5.08. The molecule has 1 unspecified atom stereocenters. The number of para-hydroxylation sites is 1. The van der Waals surface area contributed by atoms with Gasteiger partial charge in [0.15, 0.2) is 0 Å². The second kappa shape index (κ2) is 17.1. The lowest BCUT2D eigenvalue weighted by atomic mass is 9.83. The smallest absolute Gasteiger partial charge is 0.270 e. The van der Waals surface area contributed by atoms with E-state index in [-0.39, 0.29) is 36.0 Å². The van der Waals surface area contributed by atoms with Gasteiger partial charge in [-0.25, -0.2) is 0 Å². The summed E-state index contributed by atoms with van der Waals surface area (Å²) in [7, 11) is 3.37. The zero-order valence-corrected chi connectivity index (χ0v) is 28.8. The predicted octanol–water partition coefficient (Wildman–Crippen LogP) is 3.53. The van der Waals surface area contributed by atoms with Crippen molar-refractivity contribution < 1.29 is 23.9 Å². The van der Waals surface area contributed by atoms with Crippen LogP contribution in [0.15, 0.2) is 60.8 Å². The van der Waals surface area contributed by atoms with Crippen molar-refractivity contribution in [1.29, 1.82) is 0 Å². The first-order chi connectivity index (χ1) is 23.7. The molecule has 2 heterocycles. The van der Waals surface area contributed by atoms with Gasteiger partial charge in [0.05, 0.1) is 7.11 Å². The molecule has 2 atom stereocenters. The molecule has 1 aromatic heterocycles. The van der Waals surface area contributed by atoms with E-state index in [1.807, 2.05) is 35.2 Å². The van der Waals surface area contributed by atoms with Crippen LogP contribution in [0.1, 0.15) is 67.1 Å². The zero-order chi connectivity index (χ0) is 34.8. The van der Waals surface area contributed by atoms with Gasteiger partial charge in [0, 0.05) is 70.1 Å². The van der Waals surface area contributed by atoms with Crippen LogP contribution in [0.3, 0.4) is 0 Å². The van der Waals surface area contributed by atoms with Crippen LogP contribution >= 0.6 is 0 Å². The molecule has 1 saturated carbocycles. The average molecular weight is 672 g/mol. The van der Waals surface area contributed by atoms with Crippen molar-refractivity contribution in [2.24, 2.45) is 13.0 Å². The number of carbonyl (C=O) groups excluding carboxylic acids is 4. The summed E-state index contributed by atoms with van der Waals surface area (Å²) in [5, 5.41) is 13.0. The number of methoxy groups -OCH3 is 1. The monoisotopic (exact) mass is 671 g/mol. The Balaban J connectivity index is 1.20. The summed E-state index contributed by atoms with van der Waals surface area (Å²) >= 11 is 0. The number of benzene rings is 2. The van der Waals surface area contributed by atoms with Crippen LogP contribution < -0.4 is 20.7 Å². The van der Waals surface area contributed by atoms with E-state index < -0.39 is 12.1 Å². The number of piperazine rings is 1. The van der Waals surface area contributed by atoms with Gasteiger partial charge in [0.2, 0.25) is 17.7 Å². The van der Waals surface area contributed by atoms with Gasteiger partial charge in [-0.1, -0.05) is 56.5 Å². The van der Waals surface area contributed by atoms with Crippen molar-refractivity contribution in [3.05, 3.63) is 77.6 Å². The third-order valence-electron chi connectivity index (χ3n) is 9.63. The number of nitrogens with zero attached hydrogens (tertiary/aromatic N) is 4. The van der Waals surface area contributed by atoms with E-state index in [1.165, 1.54) is 4.68 Å². The van der Waals surface area contributed by atoms with Crippen LogP contribution in [0.5, 0.6) is 5.75 Å². The fourth-order valence-electron chi connectivity index (χ4n) is 6.77. The summed E-state index contributed by atoms with van der Waals surface area (Å²) in [5.41, 5.74) is 2.95. The number of aromatic nitrogens is 2. The van der Waals surface area contributed by atoms with Gasteiger partial charge in [0.1, 0.15) is 23.5 Å². The third kappa shape index (κ3) is 9.47. The highest BCUT2D eigenvalue weighted by Crippen LogP contribution is 2.28. The van der Waals surface area contributed by atoms with Crippen molar-refractivity contribution in [2.45, 2.75) is 70.5 Å². The first kappa shape index (κ1) is 35.6. The second-order valence-corrected chi connectivity index (χ2v) is 13.0. The Morgan fingerprint density at radius 3 is 2.29 bits per heavy atom. The molecule has 12 nitrogen and oxygen atoms in total. The van der Waals surface area contributed by atoms with Crippen LogP contribution in [-0.2, 0) is 34.4 Å². The molecule has 0 radical (unpaired) electrons. The molecule has 1 aliphatic carbocycles. The lowest BCUT2D eigenvalue weighted by Gasteiger charge is -2.36. The molecule has 5 rings (SSSR count). The first-order valence-electron chi connectivity index (χ1n) is 17.4. The van der Waals surface area contributed by atoms with Gasteiger partial charge >= 0.3 is 0 Å². The van der Waals surface area contributed by atoms with E-state index in [4.69, 9.17) is 4.74 Å². The molecule has 3 N–H and O–H groups in total. The molecule has 1 aliphatic heterocycles. The molecule has 2 aromatic carbocycles. The Morgan fingerprint density at radius 1 is 0.918 bits per heavy atom. The van der Waals surface area contributed by atoms with Gasteiger partial charge in [-0.3, -0.25) is 28.8 Å². The molecule has 2 aliphatic rings. The lowest BCUT2D eigenvalue weighted by molar-refractivity contribution is -0.138. The van der Waals surface area contributed by atoms with E-state index in [0.29, 0.717) is 30.9 Å². The third-order valence-corrected chi connectivity index (χ3v) is 9.63. The summed E-state index contributed by atoms with van der Waals surface area (Å²) in [5.74, 6) is 0.0225. The fourth-order valence-corrected chi connectivity index (χ4v) is 6.77. The Kier molecular flexibility index (Phi) is 12.4. The van der Waals surface area contributed by atoms with Gasteiger partial charge in [-0.15, -0.1) is 0 Å². The maximum Gasteiger partial charge on any atom is 0.270 e. The van der Waals surface area contributed by atoms with Crippen molar-refractivity contribution in [3.63, 3.8) is 0 Å². The van der Waals surface area contributed by atoms with Crippen LogP contribution in [0.2, 0.25) is 0 Å². The quantitative estimate of drug-likeness (QED) is 0.253. The van der Waals surface area contributed by atoms with Crippen molar-refractivity contribution in [2.75, 3.05) is 38.6 Å². The zero-order valence-electron chi connectivity index (χ0n) is 28.8. The highest BCUT2D eigenvalue weighted by atomic mass is 16.5. The summed E-state index contributed by atoms with van der Waals surface area (Å²) in [6.07, 6.45) is 7.09. The summed E-state index contributed by atoms with van der Waals surface area (Å²) in [4.78, 5) is 57.0. The molecule has 0 spiro atoms. The number of carbonyl (C=O) groups is 4. The predicted molar refractivity (Wildman–Crippen MR) is 187 cm³/mol. The van der Waals surface area contributed by atoms with Crippen LogP contribution in [-0.4, -0.2) is 88.6 Å². The standard InChI is InChI=1S/C37H49N7O5/c1-4-33(45)40-30(37(48)44-22-20-43(21-23-44)25-28-12-8-9-13-32(28)49-3)24-26-14-16-29(17-15-26)39-36(47)34(27-10-6-5-7-11-27)41-35(46)31-18-19-38-42(31)2/h8-9,12-19,27,30,34H,4-7,10-11,20-25H2,1-3H3,(H,39,47)(H,40,45)(H,41,46)/t30?,34-/m0/s1. The number of aryl methyl sites for hydroxylation is 1. The minimum absolute atomic E-state index is 0.0437. The van der Waals surface area contributed by atoms with E-state index in [0.717, 1.165) is 68.6 Å². The van der Waals surface area contributed by atoms with Crippen molar-refractivity contribution in [1.82, 2.24) is 30.2 Å². The molecule has 1 saturated heterocycles. The number of hydrogen-bond donors (Lipinski definition) is 3. The van der Waals surface area contributed by atoms with E-state index in [9.17, 15) is 19.2 Å². The molecule has 12 heteroatoms. The molecule has 3 aromatic rings. The Morgan fingerprint density at radius 2 is 1.63 bits per heavy atom. The normalized spacial score (nSPS) is 16.8. The highest BCUT2D eigenvalue weighted by Gasteiger charge is 2.32. The molecule has 2 fully saturated rings. The Labute approximate surface area is 288 Å². The van der Waals surface area contributed by atoms with Gasteiger partial charge in [-0.2, -0.15) is 5.10 Å². The number of rotatable bonds is 13. The minimum Gasteiger partial charge on any atom is -0.496 e. The first-order valence-corrected chi connectivity index (χ1v) is 17.4. The number of hydrogen-bond acceptors (Lipinski definition) is 7. The fraction of sp³-hybridized carbons (Fsp3) is 0.486. The molecule has 0 bridgehead atoms. The molecular weight excluding hydrogens is 622 g/mol. The maximum atomic E-state index is 13.7. The van der Waals surface area contributed by atoms with Crippen LogP contribution in [0.25, 0.3) is 0 Å². The number of ether oxygens (including phenoxy) is 1. The van der Waals surface area contributed by atoms with Crippen molar-refractivity contribution >= 4 is 29.3 Å². The Hall–Kier alpha value is -4.71. The number of amides is 4. The van der Waals surface area contributed by atoms with Gasteiger partial charge < -0.3 is 25.6 Å². The molecular formula is C37H49N7O5. The summed E-state index contributed by atoms with van der Waals surface area (Å²) in [6, 6.07) is 15.5. The molecule has 4 amide bonds. The van der Waals surface area contributed by atoms with Crippen LogP contribution in [0.4, 0.5) is 5.69 Å². The average Bonchev–Trinajstić information content (AvgIpc) is 3.57. The number of nitrogens with one attached hydrogen (secondary N) is 3. The van der Waals surface area contributed by atoms with E-state index in [2.05, 4.69) is 32.0 Å². The van der Waals surface area contributed by atoms with Gasteiger partial charge in [0.25, 0.3) is 5.91 Å². The van der Waals surface area contributed by atoms with E-state index in [1.54, 1.807) is 45.5 Å². The molecule has 49 heavy (non-hydrogen) atoms. The van der Waals surface area contributed by atoms with E-state index >= 15 is 0 Å². The van der Waals surface area contributed by atoms with Crippen molar-refractivity contribution in [3.8, 4) is 5.75 Å². The number of anilines is 1. The second-order valence-electron chi connectivity index (χ2n) is 13.0. The Bertz CT molecular complexity index is 1580. The largest absolute Gasteiger partial charge is 0.496 e. The molecule has 262 valence electrons. The highest BCUT2D eigenvalue weighted by molar-refractivity contribution is 6.00. The summed E-state index contributed by atoms with van der Waals surface area (Å²) < 4.78 is 7.00. The lowest BCUT2D eigenvalue weighted by Crippen LogP contribution is -2.55. The van der Waals surface area contributed by atoms with Gasteiger partial charge in [-0.05, 0) is 48.6 Å². The SMILES string of the molecule is CCC(=O)NC(Cc1ccc(NC(=O)[C@@H](NC(=O)c2ccnn2C)C2CCCCC2)cc1)C(=O)N1CCN(Cc2ccccc2OC)CC1. The topological polar surface area (TPSA) is 138 Å².